The van der Waals surface area contributed by atoms with Crippen molar-refractivity contribution < 1.29 is 4.79 Å². The van der Waals surface area contributed by atoms with Crippen molar-refractivity contribution in [2.45, 2.75) is 6.92 Å². The summed E-state index contributed by atoms with van der Waals surface area (Å²) in [5.74, 6) is 0.0252. The van der Waals surface area contributed by atoms with Crippen molar-refractivity contribution in [1.29, 1.82) is 0 Å². The van der Waals surface area contributed by atoms with E-state index in [1.54, 1.807) is 6.20 Å². The Bertz CT molecular complexity index is 447. The fourth-order valence-corrected chi connectivity index (χ4v) is 1.99. The highest BCUT2D eigenvalue weighted by Gasteiger charge is 2.06. The topological polar surface area (TPSA) is 30.0 Å². The summed E-state index contributed by atoms with van der Waals surface area (Å²) in [6.07, 6.45) is 1.75. The molecular formula is C11H9NOS. The van der Waals surface area contributed by atoms with Gasteiger partial charge in [-0.3, -0.25) is 4.79 Å². The van der Waals surface area contributed by atoms with E-state index >= 15 is 0 Å². The number of carbonyl (C=O) groups is 1. The molecule has 0 amide bonds. The fraction of sp³-hybridized carbons (Fsp3) is 0.0909. The van der Waals surface area contributed by atoms with Gasteiger partial charge in [0.15, 0.2) is 10.8 Å². The zero-order valence-electron chi connectivity index (χ0n) is 7.73. The van der Waals surface area contributed by atoms with Crippen LogP contribution in [0.2, 0.25) is 0 Å². The highest BCUT2D eigenvalue weighted by atomic mass is 32.1. The predicted molar refractivity (Wildman–Crippen MR) is 57.6 cm³/mol. The van der Waals surface area contributed by atoms with Crippen LogP contribution in [0.5, 0.6) is 0 Å². The molecule has 70 valence electrons. The van der Waals surface area contributed by atoms with Crippen molar-refractivity contribution in [3.63, 3.8) is 0 Å². The molecule has 0 radical (unpaired) electrons. The Hall–Kier alpha value is -1.48. The third-order valence-corrected chi connectivity index (χ3v) is 3.01. The Morgan fingerprint density at radius 2 is 2.00 bits per heavy atom. The smallest absolute Gasteiger partial charge is 0.188 e. The number of Topliss-reactive ketones (excluding diaryl/α,β-unsaturated/α-hetero) is 1. The molecule has 1 heterocycles. The molecule has 1 aromatic carbocycles. The summed E-state index contributed by atoms with van der Waals surface area (Å²) in [5.41, 5.74) is 1.11. The van der Waals surface area contributed by atoms with E-state index in [-0.39, 0.29) is 5.78 Å². The molecule has 0 aliphatic heterocycles. The van der Waals surface area contributed by atoms with Crippen LogP contribution >= 0.6 is 11.3 Å². The zero-order chi connectivity index (χ0) is 9.97. The minimum absolute atomic E-state index is 0.0252. The number of carbonyl (C=O) groups excluding carboxylic acids is 1. The fourth-order valence-electron chi connectivity index (χ4n) is 1.17. The lowest BCUT2D eigenvalue weighted by Gasteiger charge is -1.92. The Balaban J connectivity index is 2.39. The Morgan fingerprint density at radius 3 is 2.57 bits per heavy atom. The van der Waals surface area contributed by atoms with Crippen molar-refractivity contribution >= 4 is 17.1 Å². The number of ketones is 1. The maximum atomic E-state index is 11.0. The third-order valence-electron chi connectivity index (χ3n) is 1.87. The molecule has 0 aliphatic rings. The molecule has 2 aromatic rings. The summed E-state index contributed by atoms with van der Waals surface area (Å²) < 4.78 is 0. The summed E-state index contributed by atoms with van der Waals surface area (Å²) >= 11 is 1.43. The van der Waals surface area contributed by atoms with Gasteiger partial charge < -0.3 is 0 Å². The van der Waals surface area contributed by atoms with Gasteiger partial charge in [0.25, 0.3) is 0 Å². The molecule has 0 bridgehead atoms. The van der Waals surface area contributed by atoms with Crippen LogP contribution in [0.3, 0.4) is 0 Å². The average molecular weight is 203 g/mol. The number of thiazole rings is 1. The second-order valence-corrected chi connectivity index (χ2v) is 3.98. The maximum Gasteiger partial charge on any atom is 0.188 e. The second-order valence-electron chi connectivity index (χ2n) is 2.95. The maximum absolute atomic E-state index is 11.0. The molecule has 2 rings (SSSR count). The van der Waals surface area contributed by atoms with Crippen molar-refractivity contribution in [2.24, 2.45) is 0 Å². The molecule has 2 nitrogen and oxygen atoms in total. The number of nitrogens with zero attached hydrogens (tertiary/aromatic N) is 1. The van der Waals surface area contributed by atoms with Crippen LogP contribution in [-0.4, -0.2) is 10.8 Å². The van der Waals surface area contributed by atoms with E-state index in [2.05, 4.69) is 4.98 Å². The van der Waals surface area contributed by atoms with Crippen LogP contribution in [-0.2, 0) is 0 Å². The zero-order valence-corrected chi connectivity index (χ0v) is 8.54. The van der Waals surface area contributed by atoms with Gasteiger partial charge in [0, 0.05) is 13.1 Å². The average Bonchev–Trinajstić information content (AvgIpc) is 2.68. The lowest BCUT2D eigenvalue weighted by atomic mass is 10.2. The van der Waals surface area contributed by atoms with Crippen LogP contribution in [0.4, 0.5) is 0 Å². The van der Waals surface area contributed by atoms with Gasteiger partial charge in [-0.05, 0) is 5.56 Å². The first kappa shape index (κ1) is 9.09. The van der Waals surface area contributed by atoms with Gasteiger partial charge in [-0.2, -0.15) is 0 Å². The van der Waals surface area contributed by atoms with E-state index in [0.29, 0.717) is 5.01 Å². The Morgan fingerprint density at radius 1 is 1.29 bits per heavy atom. The monoisotopic (exact) mass is 203 g/mol. The SMILES string of the molecule is CC(=O)c1ncc(-c2ccccc2)s1. The van der Waals surface area contributed by atoms with Crippen LogP contribution in [0.1, 0.15) is 16.7 Å². The summed E-state index contributed by atoms with van der Waals surface area (Å²) in [6.45, 7) is 1.54. The van der Waals surface area contributed by atoms with Crippen molar-refractivity contribution in [3.05, 3.63) is 41.5 Å². The summed E-state index contributed by atoms with van der Waals surface area (Å²) in [6, 6.07) is 9.94. The van der Waals surface area contributed by atoms with Crippen LogP contribution < -0.4 is 0 Å². The van der Waals surface area contributed by atoms with E-state index in [4.69, 9.17) is 0 Å². The van der Waals surface area contributed by atoms with E-state index in [1.165, 1.54) is 18.3 Å². The lowest BCUT2D eigenvalue weighted by molar-refractivity contribution is 0.101. The first-order chi connectivity index (χ1) is 6.77. The number of hydrogen-bond acceptors (Lipinski definition) is 3. The third kappa shape index (κ3) is 1.72. The van der Waals surface area contributed by atoms with Gasteiger partial charge in [-0.15, -0.1) is 11.3 Å². The molecule has 0 unspecified atom stereocenters. The van der Waals surface area contributed by atoms with Crippen LogP contribution in [0.15, 0.2) is 36.5 Å². The standard InChI is InChI=1S/C11H9NOS/c1-8(13)11-12-7-10(14-11)9-5-3-2-4-6-9/h2-7H,1H3. The first-order valence-electron chi connectivity index (χ1n) is 4.29. The normalized spacial score (nSPS) is 10.1. The van der Waals surface area contributed by atoms with Crippen molar-refractivity contribution in [3.8, 4) is 10.4 Å². The number of benzene rings is 1. The van der Waals surface area contributed by atoms with E-state index < -0.39 is 0 Å². The molecule has 0 saturated carbocycles. The summed E-state index contributed by atoms with van der Waals surface area (Å²) in [7, 11) is 0. The second kappa shape index (κ2) is 3.72. The summed E-state index contributed by atoms with van der Waals surface area (Å²) in [5, 5.41) is 0.573. The highest BCUT2D eigenvalue weighted by molar-refractivity contribution is 7.16. The van der Waals surface area contributed by atoms with Crippen molar-refractivity contribution in [1.82, 2.24) is 4.98 Å². The summed E-state index contributed by atoms with van der Waals surface area (Å²) in [4.78, 5) is 16.1. The van der Waals surface area contributed by atoms with E-state index in [1.807, 2.05) is 30.3 Å². The molecule has 0 aliphatic carbocycles. The van der Waals surface area contributed by atoms with Crippen LogP contribution in [0.25, 0.3) is 10.4 Å². The molecule has 0 fully saturated rings. The number of hydrogen-bond donors (Lipinski definition) is 0. The quantitative estimate of drug-likeness (QED) is 0.702. The van der Waals surface area contributed by atoms with Gasteiger partial charge in [0.05, 0.1) is 4.88 Å². The molecular weight excluding hydrogens is 194 g/mol. The first-order valence-corrected chi connectivity index (χ1v) is 5.11. The molecule has 0 atom stereocenters. The molecule has 0 N–H and O–H groups in total. The van der Waals surface area contributed by atoms with E-state index in [0.717, 1.165) is 10.4 Å². The van der Waals surface area contributed by atoms with Gasteiger partial charge in [0.1, 0.15) is 0 Å². The minimum Gasteiger partial charge on any atom is -0.292 e. The highest BCUT2D eigenvalue weighted by Crippen LogP contribution is 2.25. The van der Waals surface area contributed by atoms with E-state index in [9.17, 15) is 4.79 Å². The number of aromatic nitrogens is 1. The Kier molecular flexibility index (Phi) is 2.41. The molecule has 1 aromatic heterocycles. The lowest BCUT2D eigenvalue weighted by Crippen LogP contribution is -1.87. The number of rotatable bonds is 2. The molecule has 3 heteroatoms. The molecule has 0 spiro atoms. The molecule has 14 heavy (non-hydrogen) atoms. The van der Waals surface area contributed by atoms with Crippen LogP contribution in [0, 0.1) is 0 Å². The predicted octanol–water partition coefficient (Wildman–Crippen LogP) is 3.01. The van der Waals surface area contributed by atoms with Gasteiger partial charge in [0.2, 0.25) is 0 Å². The Labute approximate surface area is 86.2 Å². The van der Waals surface area contributed by atoms with Gasteiger partial charge in [-0.25, -0.2) is 4.98 Å². The van der Waals surface area contributed by atoms with Crippen molar-refractivity contribution in [2.75, 3.05) is 0 Å². The van der Waals surface area contributed by atoms with Gasteiger partial charge >= 0.3 is 0 Å². The minimum atomic E-state index is 0.0252. The largest absolute Gasteiger partial charge is 0.292 e. The molecule has 0 saturated heterocycles. The van der Waals surface area contributed by atoms with Gasteiger partial charge in [-0.1, -0.05) is 30.3 Å².